The van der Waals surface area contributed by atoms with Gasteiger partial charge in [-0.2, -0.15) is 5.26 Å². The Morgan fingerprint density at radius 2 is 2.00 bits per heavy atom. The van der Waals surface area contributed by atoms with Crippen molar-refractivity contribution >= 4 is 12.0 Å². The molecule has 1 aromatic rings. The Balaban J connectivity index is 1.84. The highest BCUT2D eigenvalue weighted by Gasteiger charge is 2.36. The van der Waals surface area contributed by atoms with E-state index in [0.717, 1.165) is 12.0 Å². The number of hydrogen-bond acceptors (Lipinski definition) is 4. The largest absolute Gasteiger partial charge is 0.444 e. The highest BCUT2D eigenvalue weighted by atomic mass is 16.6. The summed E-state index contributed by atoms with van der Waals surface area (Å²) < 4.78 is 5.38. The van der Waals surface area contributed by atoms with Crippen molar-refractivity contribution in [3.63, 3.8) is 0 Å². The predicted molar refractivity (Wildman–Crippen MR) is 93.8 cm³/mol. The molecule has 0 bridgehead atoms. The summed E-state index contributed by atoms with van der Waals surface area (Å²) in [4.78, 5) is 26.2. The summed E-state index contributed by atoms with van der Waals surface area (Å²) in [5, 5.41) is 11.7. The van der Waals surface area contributed by atoms with Crippen LogP contribution in [0.1, 0.15) is 44.7 Å². The van der Waals surface area contributed by atoms with Crippen molar-refractivity contribution in [1.82, 2.24) is 10.2 Å². The number of benzene rings is 1. The van der Waals surface area contributed by atoms with Crippen molar-refractivity contribution in [1.29, 1.82) is 5.26 Å². The second-order valence-electron chi connectivity index (χ2n) is 7.18. The number of amides is 2. The Kier molecular flexibility index (Phi) is 6.02. The van der Waals surface area contributed by atoms with Crippen LogP contribution in [0.15, 0.2) is 24.3 Å². The third-order valence-electron chi connectivity index (χ3n) is 3.98. The maximum atomic E-state index is 12.4. The average Bonchev–Trinajstić information content (AvgIpc) is 3.03. The van der Waals surface area contributed by atoms with Crippen molar-refractivity contribution in [3.8, 4) is 6.07 Å². The Bertz CT molecular complexity index is 656. The third-order valence-corrected chi connectivity index (χ3v) is 3.98. The van der Waals surface area contributed by atoms with E-state index in [1.54, 1.807) is 12.1 Å². The second kappa shape index (κ2) is 8.02. The molecular formula is C19H25N3O3. The average molecular weight is 343 g/mol. The number of rotatable bonds is 4. The molecule has 1 N–H and O–H groups in total. The quantitative estimate of drug-likeness (QED) is 0.911. The van der Waals surface area contributed by atoms with Crippen LogP contribution in [-0.2, 0) is 16.0 Å². The first-order valence-corrected chi connectivity index (χ1v) is 8.56. The second-order valence-corrected chi connectivity index (χ2v) is 7.18. The number of ether oxygens (including phenoxy) is 1. The van der Waals surface area contributed by atoms with Gasteiger partial charge in [0, 0.05) is 13.1 Å². The molecule has 0 saturated carbocycles. The van der Waals surface area contributed by atoms with Crippen molar-refractivity contribution in [3.05, 3.63) is 35.4 Å². The number of carbonyl (C=O) groups excluding carboxylic acids is 2. The molecule has 1 aromatic carbocycles. The molecule has 2 rings (SSSR count). The summed E-state index contributed by atoms with van der Waals surface area (Å²) in [6.45, 7) is 6.47. The minimum absolute atomic E-state index is 0.142. The van der Waals surface area contributed by atoms with Crippen LogP contribution in [0.4, 0.5) is 4.79 Å². The number of nitrogens with zero attached hydrogens (tertiary/aromatic N) is 2. The summed E-state index contributed by atoms with van der Waals surface area (Å²) in [5.41, 5.74) is 1.09. The van der Waals surface area contributed by atoms with E-state index in [1.165, 1.54) is 4.90 Å². The maximum absolute atomic E-state index is 12.4. The smallest absolute Gasteiger partial charge is 0.410 e. The first kappa shape index (κ1) is 18.8. The molecule has 25 heavy (non-hydrogen) atoms. The van der Waals surface area contributed by atoms with Gasteiger partial charge in [0.15, 0.2) is 0 Å². The van der Waals surface area contributed by atoms with Crippen LogP contribution in [0.2, 0.25) is 0 Å². The van der Waals surface area contributed by atoms with Gasteiger partial charge in [0.2, 0.25) is 5.91 Å². The van der Waals surface area contributed by atoms with Crippen LogP contribution < -0.4 is 5.32 Å². The van der Waals surface area contributed by atoms with E-state index in [-0.39, 0.29) is 5.91 Å². The molecule has 1 heterocycles. The maximum Gasteiger partial charge on any atom is 0.410 e. The molecule has 2 amide bonds. The van der Waals surface area contributed by atoms with Crippen LogP contribution in [-0.4, -0.2) is 41.6 Å². The van der Waals surface area contributed by atoms with Gasteiger partial charge >= 0.3 is 6.09 Å². The zero-order valence-electron chi connectivity index (χ0n) is 15.0. The van der Waals surface area contributed by atoms with Crippen molar-refractivity contribution in [2.24, 2.45) is 0 Å². The molecule has 1 atom stereocenters. The van der Waals surface area contributed by atoms with Gasteiger partial charge in [0.1, 0.15) is 11.6 Å². The zero-order valence-corrected chi connectivity index (χ0v) is 15.0. The van der Waals surface area contributed by atoms with E-state index in [4.69, 9.17) is 10.00 Å². The summed E-state index contributed by atoms with van der Waals surface area (Å²) in [7, 11) is 0. The van der Waals surface area contributed by atoms with Gasteiger partial charge in [-0.1, -0.05) is 12.1 Å². The van der Waals surface area contributed by atoms with Gasteiger partial charge in [-0.05, 0) is 57.7 Å². The number of nitriles is 1. The van der Waals surface area contributed by atoms with Crippen LogP contribution in [0.25, 0.3) is 0 Å². The first-order valence-electron chi connectivity index (χ1n) is 8.56. The van der Waals surface area contributed by atoms with Gasteiger partial charge in [0.25, 0.3) is 0 Å². The van der Waals surface area contributed by atoms with E-state index in [0.29, 0.717) is 31.5 Å². The fraction of sp³-hybridized carbons (Fsp3) is 0.526. The van der Waals surface area contributed by atoms with Crippen molar-refractivity contribution < 1.29 is 14.3 Å². The number of carbonyl (C=O) groups is 2. The Morgan fingerprint density at radius 3 is 2.60 bits per heavy atom. The fourth-order valence-electron chi connectivity index (χ4n) is 2.77. The van der Waals surface area contributed by atoms with Gasteiger partial charge in [-0.3, -0.25) is 9.69 Å². The standard InChI is InChI=1S/C19H25N3O3/c1-19(2,3)25-18(24)22-12-4-5-16(22)17(23)21-11-10-14-6-8-15(13-20)9-7-14/h6-9,16H,4-5,10-12H2,1-3H3,(H,21,23)/t16-/m0/s1. The molecule has 0 unspecified atom stereocenters. The molecule has 6 nitrogen and oxygen atoms in total. The lowest BCUT2D eigenvalue weighted by molar-refractivity contribution is -0.125. The number of hydrogen-bond donors (Lipinski definition) is 1. The van der Waals surface area contributed by atoms with Gasteiger partial charge in [-0.15, -0.1) is 0 Å². The summed E-state index contributed by atoms with van der Waals surface area (Å²) in [6.07, 6.45) is 1.70. The third kappa shape index (κ3) is 5.49. The Morgan fingerprint density at radius 1 is 1.32 bits per heavy atom. The van der Waals surface area contributed by atoms with Crippen LogP contribution in [0.5, 0.6) is 0 Å². The van der Waals surface area contributed by atoms with Crippen LogP contribution in [0.3, 0.4) is 0 Å². The lowest BCUT2D eigenvalue weighted by Crippen LogP contribution is -2.47. The van der Waals surface area contributed by atoms with E-state index in [1.807, 2.05) is 32.9 Å². The van der Waals surface area contributed by atoms with E-state index in [9.17, 15) is 9.59 Å². The topological polar surface area (TPSA) is 82.4 Å². The minimum Gasteiger partial charge on any atom is -0.444 e. The number of nitrogens with one attached hydrogen (secondary N) is 1. The van der Waals surface area contributed by atoms with Crippen LogP contribution >= 0.6 is 0 Å². The highest BCUT2D eigenvalue weighted by molar-refractivity contribution is 5.86. The molecule has 1 saturated heterocycles. The molecule has 1 fully saturated rings. The molecule has 1 aliphatic heterocycles. The molecule has 0 spiro atoms. The predicted octanol–water partition coefficient (Wildman–Crippen LogP) is 2.62. The minimum atomic E-state index is -0.573. The van der Waals surface area contributed by atoms with Crippen molar-refractivity contribution in [2.45, 2.75) is 51.7 Å². The monoisotopic (exact) mass is 343 g/mol. The number of likely N-dealkylation sites (tertiary alicyclic amines) is 1. The molecule has 1 aliphatic rings. The Hall–Kier alpha value is -2.55. The normalized spacial score (nSPS) is 17.0. The van der Waals surface area contributed by atoms with E-state index in [2.05, 4.69) is 11.4 Å². The highest BCUT2D eigenvalue weighted by Crippen LogP contribution is 2.21. The first-order chi connectivity index (χ1) is 11.8. The van der Waals surface area contributed by atoms with E-state index >= 15 is 0 Å². The molecule has 0 aromatic heterocycles. The molecule has 0 aliphatic carbocycles. The molecule has 134 valence electrons. The Labute approximate surface area is 148 Å². The lowest BCUT2D eigenvalue weighted by Gasteiger charge is -2.28. The molecule has 0 radical (unpaired) electrons. The van der Waals surface area contributed by atoms with Gasteiger partial charge in [-0.25, -0.2) is 4.79 Å². The van der Waals surface area contributed by atoms with Crippen molar-refractivity contribution in [2.75, 3.05) is 13.1 Å². The molecular weight excluding hydrogens is 318 g/mol. The fourth-order valence-corrected chi connectivity index (χ4v) is 2.77. The van der Waals surface area contributed by atoms with Gasteiger partial charge < -0.3 is 10.1 Å². The van der Waals surface area contributed by atoms with E-state index < -0.39 is 17.7 Å². The van der Waals surface area contributed by atoms with Gasteiger partial charge in [0.05, 0.1) is 11.6 Å². The summed E-state index contributed by atoms with van der Waals surface area (Å²) >= 11 is 0. The van der Waals surface area contributed by atoms with Crippen LogP contribution in [0, 0.1) is 11.3 Å². The lowest BCUT2D eigenvalue weighted by atomic mass is 10.1. The summed E-state index contributed by atoms with van der Waals surface area (Å²) in [6, 6.07) is 8.90. The molecule has 6 heteroatoms. The zero-order chi connectivity index (χ0) is 18.4. The summed E-state index contributed by atoms with van der Waals surface area (Å²) in [5.74, 6) is -0.142. The SMILES string of the molecule is CC(C)(C)OC(=O)N1CCC[C@H]1C(=O)NCCc1ccc(C#N)cc1.